The van der Waals surface area contributed by atoms with E-state index in [1.165, 1.54) is 24.1 Å². The van der Waals surface area contributed by atoms with Crippen LogP contribution < -0.4 is 5.32 Å². The highest BCUT2D eigenvalue weighted by Crippen LogP contribution is 2.39. The van der Waals surface area contributed by atoms with Crippen LogP contribution in [0.15, 0.2) is 11.7 Å². The Balaban J connectivity index is 1.90. The van der Waals surface area contributed by atoms with Crippen molar-refractivity contribution in [3.63, 3.8) is 0 Å². The largest absolute Gasteiger partial charge is 0.378 e. The molecule has 0 amide bonds. The van der Waals surface area contributed by atoms with Gasteiger partial charge >= 0.3 is 0 Å². The van der Waals surface area contributed by atoms with Crippen LogP contribution in [0.25, 0.3) is 0 Å². The molecule has 1 atom stereocenters. The van der Waals surface area contributed by atoms with Gasteiger partial charge in [-0.15, -0.1) is 11.3 Å². The van der Waals surface area contributed by atoms with Crippen molar-refractivity contribution in [2.75, 3.05) is 14.2 Å². The van der Waals surface area contributed by atoms with E-state index in [-0.39, 0.29) is 5.60 Å². The highest BCUT2D eigenvalue weighted by atomic mass is 32.1. The second kappa shape index (κ2) is 5.25. The lowest BCUT2D eigenvalue weighted by molar-refractivity contribution is -0.0830. The van der Waals surface area contributed by atoms with E-state index in [0.717, 1.165) is 12.8 Å². The van der Waals surface area contributed by atoms with Gasteiger partial charge in [0.05, 0.1) is 11.1 Å². The van der Waals surface area contributed by atoms with Crippen LogP contribution in [0.1, 0.15) is 30.6 Å². The van der Waals surface area contributed by atoms with Gasteiger partial charge in [-0.05, 0) is 39.2 Å². The van der Waals surface area contributed by atoms with Crippen molar-refractivity contribution in [3.05, 3.63) is 16.6 Å². The van der Waals surface area contributed by atoms with Gasteiger partial charge in [-0.1, -0.05) is 0 Å². The van der Waals surface area contributed by atoms with Crippen molar-refractivity contribution in [1.29, 1.82) is 0 Å². The first-order valence-electron chi connectivity index (χ1n) is 5.88. The normalized spacial score (nSPS) is 20.4. The fourth-order valence-corrected chi connectivity index (χ4v) is 3.05. The molecule has 0 radical (unpaired) electrons. The maximum absolute atomic E-state index is 5.67. The van der Waals surface area contributed by atoms with E-state index < -0.39 is 0 Å². The Morgan fingerprint density at radius 3 is 2.88 bits per heavy atom. The highest BCUT2D eigenvalue weighted by molar-refractivity contribution is 7.09. The SMILES string of the molecule is CNC(Cc1cncs1)CC1(OC)CCC1. The summed E-state index contributed by atoms with van der Waals surface area (Å²) in [7, 11) is 3.88. The number of hydrogen-bond acceptors (Lipinski definition) is 4. The minimum absolute atomic E-state index is 0.151. The number of ether oxygens (including phenoxy) is 1. The summed E-state index contributed by atoms with van der Waals surface area (Å²) in [6.07, 6.45) is 7.87. The van der Waals surface area contributed by atoms with Crippen molar-refractivity contribution in [3.8, 4) is 0 Å². The van der Waals surface area contributed by atoms with Gasteiger partial charge < -0.3 is 10.1 Å². The average Bonchev–Trinajstić information content (AvgIpc) is 2.74. The van der Waals surface area contributed by atoms with Crippen molar-refractivity contribution in [2.45, 2.75) is 43.7 Å². The van der Waals surface area contributed by atoms with E-state index in [1.807, 2.05) is 25.9 Å². The third kappa shape index (κ3) is 2.62. The van der Waals surface area contributed by atoms with Gasteiger partial charge in [0, 0.05) is 24.2 Å². The summed E-state index contributed by atoms with van der Waals surface area (Å²) in [6, 6.07) is 0.501. The number of rotatable bonds is 6. The molecule has 2 rings (SSSR count). The summed E-state index contributed by atoms with van der Waals surface area (Å²) in [4.78, 5) is 5.47. The van der Waals surface area contributed by atoms with Crippen LogP contribution in [-0.4, -0.2) is 30.8 Å². The van der Waals surface area contributed by atoms with Crippen LogP contribution >= 0.6 is 11.3 Å². The van der Waals surface area contributed by atoms with Gasteiger partial charge in [-0.3, -0.25) is 4.98 Å². The predicted octanol–water partition coefficient (Wildman–Crippen LogP) is 2.23. The minimum Gasteiger partial charge on any atom is -0.378 e. The van der Waals surface area contributed by atoms with E-state index in [9.17, 15) is 0 Å². The van der Waals surface area contributed by atoms with Crippen LogP contribution in [-0.2, 0) is 11.2 Å². The maximum atomic E-state index is 5.67. The molecule has 0 spiro atoms. The van der Waals surface area contributed by atoms with Crippen molar-refractivity contribution < 1.29 is 4.74 Å². The number of nitrogens with one attached hydrogen (secondary N) is 1. The van der Waals surface area contributed by atoms with Crippen molar-refractivity contribution in [2.24, 2.45) is 0 Å². The lowest BCUT2D eigenvalue weighted by atomic mass is 9.75. The zero-order chi connectivity index (χ0) is 11.4. The summed E-state index contributed by atoms with van der Waals surface area (Å²) < 4.78 is 5.67. The van der Waals surface area contributed by atoms with Crippen LogP contribution in [0.3, 0.4) is 0 Å². The summed E-state index contributed by atoms with van der Waals surface area (Å²) in [5.74, 6) is 0. The molecule has 16 heavy (non-hydrogen) atoms. The quantitative estimate of drug-likeness (QED) is 0.828. The minimum atomic E-state index is 0.151. The zero-order valence-electron chi connectivity index (χ0n) is 10.0. The Morgan fingerprint density at radius 2 is 2.44 bits per heavy atom. The molecular formula is C12H20N2OS. The average molecular weight is 240 g/mol. The molecule has 1 unspecified atom stereocenters. The first-order chi connectivity index (χ1) is 7.78. The Labute approximate surface area is 101 Å². The lowest BCUT2D eigenvalue weighted by Gasteiger charge is -2.42. The van der Waals surface area contributed by atoms with Crippen LogP contribution in [0, 0.1) is 0 Å². The molecule has 1 saturated carbocycles. The molecule has 0 aromatic carbocycles. The van der Waals surface area contributed by atoms with Gasteiger partial charge in [-0.25, -0.2) is 0 Å². The van der Waals surface area contributed by atoms with E-state index in [4.69, 9.17) is 4.74 Å². The monoisotopic (exact) mass is 240 g/mol. The van der Waals surface area contributed by atoms with E-state index in [2.05, 4.69) is 10.3 Å². The number of hydrogen-bond donors (Lipinski definition) is 1. The van der Waals surface area contributed by atoms with Crippen LogP contribution in [0.2, 0.25) is 0 Å². The molecule has 1 N–H and O–H groups in total. The number of likely N-dealkylation sites (N-methyl/N-ethyl adjacent to an activating group) is 1. The topological polar surface area (TPSA) is 34.2 Å². The fraction of sp³-hybridized carbons (Fsp3) is 0.750. The number of aromatic nitrogens is 1. The molecule has 1 aliphatic carbocycles. The molecule has 0 aliphatic heterocycles. The Bertz CT molecular complexity index is 303. The Hall–Kier alpha value is -0.450. The molecule has 0 bridgehead atoms. The summed E-state index contributed by atoms with van der Waals surface area (Å²) in [5, 5.41) is 3.40. The third-order valence-corrected chi connectivity index (χ3v) is 4.46. The standard InChI is InChI=1S/C12H20N2OS/c1-13-10(6-11-8-14-9-16-11)7-12(15-2)4-3-5-12/h8-10,13H,3-7H2,1-2H3. The van der Waals surface area contributed by atoms with Gasteiger partial charge in [0.1, 0.15) is 0 Å². The predicted molar refractivity (Wildman–Crippen MR) is 66.9 cm³/mol. The Morgan fingerprint density at radius 1 is 1.62 bits per heavy atom. The fourth-order valence-electron chi connectivity index (χ4n) is 2.37. The summed E-state index contributed by atoms with van der Waals surface area (Å²) >= 11 is 1.73. The molecule has 1 fully saturated rings. The second-order valence-corrected chi connectivity index (χ2v) is 5.57. The van der Waals surface area contributed by atoms with E-state index >= 15 is 0 Å². The maximum Gasteiger partial charge on any atom is 0.0794 e. The Kier molecular flexibility index (Phi) is 3.95. The van der Waals surface area contributed by atoms with Gasteiger partial charge in [0.2, 0.25) is 0 Å². The number of nitrogens with zero attached hydrogens (tertiary/aromatic N) is 1. The van der Waals surface area contributed by atoms with Gasteiger partial charge in [0.15, 0.2) is 0 Å². The molecule has 4 heteroatoms. The molecule has 0 saturated heterocycles. The van der Waals surface area contributed by atoms with Crippen molar-refractivity contribution in [1.82, 2.24) is 10.3 Å². The van der Waals surface area contributed by atoms with Crippen LogP contribution in [0.4, 0.5) is 0 Å². The molecule has 1 aromatic heterocycles. The summed E-state index contributed by atoms with van der Waals surface area (Å²) in [6.45, 7) is 0. The molecule has 1 aliphatic rings. The second-order valence-electron chi connectivity index (χ2n) is 4.60. The zero-order valence-corrected chi connectivity index (χ0v) is 10.8. The van der Waals surface area contributed by atoms with Crippen LogP contribution in [0.5, 0.6) is 0 Å². The molecular weight excluding hydrogens is 220 g/mol. The summed E-state index contributed by atoms with van der Waals surface area (Å²) in [5.41, 5.74) is 2.05. The number of methoxy groups -OCH3 is 1. The van der Waals surface area contributed by atoms with Crippen molar-refractivity contribution >= 4 is 11.3 Å². The molecule has 3 nitrogen and oxygen atoms in total. The first kappa shape index (κ1) is 12.0. The number of thiazole rings is 1. The van der Waals surface area contributed by atoms with Gasteiger partial charge in [0.25, 0.3) is 0 Å². The first-order valence-corrected chi connectivity index (χ1v) is 6.76. The highest BCUT2D eigenvalue weighted by Gasteiger charge is 2.38. The lowest BCUT2D eigenvalue weighted by Crippen LogP contribution is -2.45. The van der Waals surface area contributed by atoms with E-state index in [1.54, 1.807) is 11.3 Å². The van der Waals surface area contributed by atoms with Gasteiger partial charge in [-0.2, -0.15) is 0 Å². The molecule has 90 valence electrons. The van der Waals surface area contributed by atoms with E-state index in [0.29, 0.717) is 6.04 Å². The molecule has 1 heterocycles. The third-order valence-electron chi connectivity index (χ3n) is 3.66. The molecule has 1 aromatic rings. The smallest absolute Gasteiger partial charge is 0.0794 e.